The van der Waals surface area contributed by atoms with Gasteiger partial charge in [-0.3, -0.25) is 14.4 Å². The molecule has 1 saturated heterocycles. The van der Waals surface area contributed by atoms with E-state index in [-0.39, 0.29) is 11.3 Å². The van der Waals surface area contributed by atoms with Gasteiger partial charge in [-0.1, -0.05) is 31.4 Å². The Bertz CT molecular complexity index is 964. The molecule has 2 aliphatic rings. The lowest BCUT2D eigenvalue weighted by atomic mass is 9.73. The van der Waals surface area contributed by atoms with E-state index >= 15 is 0 Å². The fraction of sp³-hybridized carbons (Fsp3) is 0.458. The van der Waals surface area contributed by atoms with Gasteiger partial charge in [-0.2, -0.15) is 0 Å². The number of hydrogen-bond donors (Lipinski definition) is 2. The Morgan fingerprint density at radius 3 is 2.58 bits per heavy atom. The van der Waals surface area contributed by atoms with Crippen LogP contribution in [-0.2, 0) is 19.8 Å². The molecule has 1 aliphatic heterocycles. The second-order valence-corrected chi connectivity index (χ2v) is 9.55. The van der Waals surface area contributed by atoms with Gasteiger partial charge >= 0.3 is 11.8 Å². The highest BCUT2D eigenvalue weighted by Crippen LogP contribution is 2.41. The van der Waals surface area contributed by atoms with Crippen molar-refractivity contribution >= 4 is 40.4 Å². The molecule has 2 heterocycles. The topological polar surface area (TPSA) is 78.5 Å². The summed E-state index contributed by atoms with van der Waals surface area (Å²) >= 11 is 1.72. The lowest BCUT2D eigenvalue weighted by Gasteiger charge is -2.36. The van der Waals surface area contributed by atoms with Gasteiger partial charge in [0.05, 0.1) is 0 Å². The van der Waals surface area contributed by atoms with Crippen LogP contribution in [0.1, 0.15) is 55.4 Å². The van der Waals surface area contributed by atoms with E-state index < -0.39 is 11.8 Å². The number of thiophene rings is 1. The molecule has 0 unspecified atom stereocenters. The highest BCUT2D eigenvalue weighted by atomic mass is 32.1. The zero-order chi connectivity index (χ0) is 21.8. The highest BCUT2D eigenvalue weighted by molar-refractivity contribution is 7.10. The molecule has 0 spiro atoms. The van der Waals surface area contributed by atoms with Crippen LogP contribution in [0.5, 0.6) is 0 Å². The summed E-state index contributed by atoms with van der Waals surface area (Å²) in [6.45, 7) is 3.09. The average molecular weight is 440 g/mol. The number of nitrogens with zero attached hydrogens (tertiary/aromatic N) is 1. The molecule has 1 aliphatic carbocycles. The summed E-state index contributed by atoms with van der Waals surface area (Å²) in [6.07, 6.45) is 6.94. The predicted molar refractivity (Wildman–Crippen MR) is 123 cm³/mol. The Hall–Kier alpha value is -2.67. The van der Waals surface area contributed by atoms with Crippen molar-refractivity contribution in [2.75, 3.05) is 23.3 Å². The summed E-state index contributed by atoms with van der Waals surface area (Å²) in [7, 11) is 0. The van der Waals surface area contributed by atoms with E-state index in [9.17, 15) is 14.4 Å². The Kier molecular flexibility index (Phi) is 6.41. The molecule has 7 heteroatoms. The molecular weight excluding hydrogens is 410 g/mol. The molecule has 164 valence electrons. The fourth-order valence-electron chi connectivity index (χ4n) is 4.72. The summed E-state index contributed by atoms with van der Waals surface area (Å²) in [4.78, 5) is 40.3. The lowest BCUT2D eigenvalue weighted by molar-refractivity contribution is -0.136. The molecule has 0 atom stereocenters. The average Bonchev–Trinajstić information content (AvgIpc) is 3.46. The molecule has 1 aromatic carbocycles. The minimum Gasteiger partial charge on any atom is -0.347 e. The van der Waals surface area contributed by atoms with Crippen molar-refractivity contribution in [2.24, 2.45) is 0 Å². The molecule has 2 N–H and O–H groups in total. The van der Waals surface area contributed by atoms with E-state index in [1.807, 2.05) is 19.1 Å². The number of nitrogens with one attached hydrogen (secondary N) is 2. The molecule has 0 bridgehead atoms. The fourth-order valence-corrected chi connectivity index (χ4v) is 5.70. The van der Waals surface area contributed by atoms with Gasteiger partial charge in [0.25, 0.3) is 0 Å². The third-order valence-corrected chi connectivity index (χ3v) is 7.60. The van der Waals surface area contributed by atoms with Crippen LogP contribution in [0.15, 0.2) is 35.7 Å². The number of anilines is 2. The van der Waals surface area contributed by atoms with E-state index in [4.69, 9.17) is 0 Å². The number of amides is 3. The summed E-state index contributed by atoms with van der Waals surface area (Å²) in [5.74, 6) is -1.21. The summed E-state index contributed by atoms with van der Waals surface area (Å²) in [6, 6.07) is 9.58. The Morgan fingerprint density at radius 1 is 1.10 bits per heavy atom. The standard InChI is InChI=1S/C24H29N3O3S/c1-17-9-10-18(15-19(17)27-13-5-8-21(27)28)26-23(30)22(29)25-16-24(11-3-2-4-12-24)20-7-6-14-31-20/h6-7,9-10,14-15H,2-5,8,11-13,16H2,1H3,(H,25,29)(H,26,30). The number of carbonyl (C=O) groups excluding carboxylic acids is 3. The van der Waals surface area contributed by atoms with Gasteiger partial charge in [0.1, 0.15) is 0 Å². The predicted octanol–water partition coefficient (Wildman–Crippen LogP) is 4.14. The maximum Gasteiger partial charge on any atom is 0.313 e. The number of hydrogen-bond acceptors (Lipinski definition) is 4. The minimum atomic E-state index is -0.681. The molecule has 4 rings (SSSR count). The van der Waals surface area contributed by atoms with Gasteiger partial charge in [0.15, 0.2) is 0 Å². The number of benzene rings is 1. The van der Waals surface area contributed by atoms with Crippen molar-refractivity contribution in [3.05, 3.63) is 46.2 Å². The van der Waals surface area contributed by atoms with Crippen molar-refractivity contribution in [2.45, 2.75) is 57.3 Å². The molecular formula is C24H29N3O3S. The SMILES string of the molecule is Cc1ccc(NC(=O)C(=O)NCC2(c3cccs3)CCCCC2)cc1N1CCCC1=O. The van der Waals surface area contributed by atoms with Crippen molar-refractivity contribution in [1.29, 1.82) is 0 Å². The lowest BCUT2D eigenvalue weighted by Crippen LogP contribution is -2.45. The first kappa shape index (κ1) is 21.6. The van der Waals surface area contributed by atoms with Crippen LogP contribution in [0.4, 0.5) is 11.4 Å². The van der Waals surface area contributed by atoms with E-state index in [1.54, 1.807) is 28.4 Å². The zero-order valence-corrected chi connectivity index (χ0v) is 18.7. The molecule has 6 nitrogen and oxygen atoms in total. The molecule has 0 radical (unpaired) electrons. The number of aryl methyl sites for hydroxylation is 1. The normalized spacial score (nSPS) is 18.1. The van der Waals surface area contributed by atoms with E-state index in [0.717, 1.165) is 43.4 Å². The molecule has 2 fully saturated rings. The van der Waals surface area contributed by atoms with Crippen LogP contribution in [0.3, 0.4) is 0 Å². The first-order chi connectivity index (χ1) is 15.0. The van der Waals surface area contributed by atoms with Crippen molar-refractivity contribution < 1.29 is 14.4 Å². The maximum atomic E-state index is 12.6. The first-order valence-corrected chi connectivity index (χ1v) is 11.9. The molecule has 31 heavy (non-hydrogen) atoms. The zero-order valence-electron chi connectivity index (χ0n) is 17.9. The highest BCUT2D eigenvalue weighted by Gasteiger charge is 2.35. The minimum absolute atomic E-state index is 0.0739. The van der Waals surface area contributed by atoms with Crippen molar-refractivity contribution in [3.63, 3.8) is 0 Å². The molecule has 3 amide bonds. The van der Waals surface area contributed by atoms with Crippen LogP contribution in [0, 0.1) is 6.92 Å². The van der Waals surface area contributed by atoms with Crippen molar-refractivity contribution in [1.82, 2.24) is 5.32 Å². The van der Waals surface area contributed by atoms with Gasteiger partial charge in [-0.15, -0.1) is 11.3 Å². The van der Waals surface area contributed by atoms with Crippen LogP contribution in [0.2, 0.25) is 0 Å². The van der Waals surface area contributed by atoms with Crippen molar-refractivity contribution in [3.8, 4) is 0 Å². The van der Waals surface area contributed by atoms with Gasteiger partial charge in [0, 0.05) is 41.2 Å². The van der Waals surface area contributed by atoms with Gasteiger partial charge < -0.3 is 15.5 Å². The van der Waals surface area contributed by atoms with E-state index in [1.165, 1.54) is 11.3 Å². The second-order valence-electron chi connectivity index (χ2n) is 8.61. The third-order valence-electron chi connectivity index (χ3n) is 6.48. The maximum absolute atomic E-state index is 12.6. The smallest absolute Gasteiger partial charge is 0.313 e. The van der Waals surface area contributed by atoms with E-state index in [0.29, 0.717) is 25.2 Å². The molecule has 2 aromatic rings. The Balaban J connectivity index is 1.41. The molecule has 1 aromatic heterocycles. The van der Waals surface area contributed by atoms with E-state index in [2.05, 4.69) is 22.1 Å². The quantitative estimate of drug-likeness (QED) is 0.688. The Morgan fingerprint density at radius 2 is 1.90 bits per heavy atom. The number of carbonyl (C=O) groups is 3. The van der Waals surface area contributed by atoms with Gasteiger partial charge in [-0.25, -0.2) is 0 Å². The summed E-state index contributed by atoms with van der Waals surface area (Å²) < 4.78 is 0. The van der Waals surface area contributed by atoms with Crippen LogP contribution >= 0.6 is 11.3 Å². The largest absolute Gasteiger partial charge is 0.347 e. The molecule has 1 saturated carbocycles. The summed E-state index contributed by atoms with van der Waals surface area (Å²) in [5, 5.41) is 7.65. The second kappa shape index (κ2) is 9.22. The first-order valence-electron chi connectivity index (χ1n) is 11.0. The van der Waals surface area contributed by atoms with Gasteiger partial charge in [0.2, 0.25) is 5.91 Å². The van der Waals surface area contributed by atoms with Crippen LogP contribution < -0.4 is 15.5 Å². The Labute approximate surface area is 187 Å². The third kappa shape index (κ3) is 4.66. The van der Waals surface area contributed by atoms with Crippen LogP contribution in [-0.4, -0.2) is 30.8 Å². The number of rotatable bonds is 5. The van der Waals surface area contributed by atoms with Crippen LogP contribution in [0.25, 0.3) is 0 Å². The van der Waals surface area contributed by atoms with Gasteiger partial charge in [-0.05, 0) is 55.3 Å². The monoisotopic (exact) mass is 439 g/mol. The summed E-state index contributed by atoms with van der Waals surface area (Å²) in [5.41, 5.74) is 2.20.